The van der Waals surface area contributed by atoms with Crippen LogP contribution >= 0.6 is 0 Å². The molecule has 0 bridgehead atoms. The summed E-state index contributed by atoms with van der Waals surface area (Å²) in [5.74, 6) is -0.417. The van der Waals surface area contributed by atoms with Crippen LogP contribution in [0.4, 0.5) is 17.3 Å². The lowest BCUT2D eigenvalue weighted by atomic mass is 9.92. The van der Waals surface area contributed by atoms with E-state index in [0.717, 1.165) is 6.33 Å². The van der Waals surface area contributed by atoms with Gasteiger partial charge in [0.15, 0.2) is 0 Å². The first-order valence-electron chi connectivity index (χ1n) is 5.50. The van der Waals surface area contributed by atoms with Crippen LogP contribution in [0.3, 0.4) is 0 Å². The summed E-state index contributed by atoms with van der Waals surface area (Å²) in [6.45, 7) is 3.58. The summed E-state index contributed by atoms with van der Waals surface area (Å²) in [6, 6.07) is 0. The van der Waals surface area contributed by atoms with Gasteiger partial charge in [0.25, 0.3) is 0 Å². The van der Waals surface area contributed by atoms with E-state index < -0.39 is 16.0 Å². The third kappa shape index (κ3) is 3.27. The molecule has 1 amide bonds. The highest BCUT2D eigenvalue weighted by atomic mass is 16.6. The van der Waals surface area contributed by atoms with E-state index in [-0.39, 0.29) is 24.1 Å². The molecule has 1 aromatic rings. The maximum atomic E-state index is 11.6. The predicted octanol–water partition coefficient (Wildman–Crippen LogP) is 0.151. The second-order valence-corrected chi connectivity index (χ2v) is 4.53. The minimum absolute atomic E-state index is 0.00511. The van der Waals surface area contributed by atoms with Gasteiger partial charge in [-0.2, -0.15) is 0 Å². The average Bonchev–Trinajstić information content (AvgIpc) is 2.34. The number of aromatic nitrogens is 2. The normalized spacial score (nSPS) is 10.9. The summed E-state index contributed by atoms with van der Waals surface area (Å²) in [7, 11) is 1.52. The van der Waals surface area contributed by atoms with Crippen molar-refractivity contribution in [3.8, 4) is 0 Å². The van der Waals surface area contributed by atoms with Gasteiger partial charge in [-0.05, 0) is 13.8 Å². The molecule has 0 aromatic carbocycles. The SMILES string of the molecule is CNC(=O)C(C)(C)CNc1ncnc(N)c1[N+](=O)[O-]. The minimum Gasteiger partial charge on any atom is -0.378 e. The summed E-state index contributed by atoms with van der Waals surface area (Å²) in [5, 5.41) is 16.2. The summed E-state index contributed by atoms with van der Waals surface area (Å²) in [5.41, 5.74) is 4.29. The van der Waals surface area contributed by atoms with Crippen molar-refractivity contribution in [1.82, 2.24) is 15.3 Å². The van der Waals surface area contributed by atoms with Crippen LogP contribution in [0, 0.1) is 15.5 Å². The van der Waals surface area contributed by atoms with Crippen LogP contribution in [-0.2, 0) is 4.79 Å². The number of anilines is 2. The van der Waals surface area contributed by atoms with Crippen molar-refractivity contribution in [3.05, 3.63) is 16.4 Å². The molecule has 0 atom stereocenters. The monoisotopic (exact) mass is 268 g/mol. The maximum Gasteiger partial charge on any atom is 0.352 e. The summed E-state index contributed by atoms with van der Waals surface area (Å²) >= 11 is 0. The zero-order valence-corrected chi connectivity index (χ0v) is 10.9. The zero-order chi connectivity index (χ0) is 14.6. The fraction of sp³-hybridized carbons (Fsp3) is 0.500. The van der Waals surface area contributed by atoms with Crippen molar-refractivity contribution in [3.63, 3.8) is 0 Å². The number of hydrogen-bond acceptors (Lipinski definition) is 7. The van der Waals surface area contributed by atoms with E-state index in [1.807, 2.05) is 0 Å². The van der Waals surface area contributed by atoms with Crippen LogP contribution in [-0.4, -0.2) is 34.4 Å². The number of nitrogens with one attached hydrogen (secondary N) is 2. The molecular weight excluding hydrogens is 252 g/mol. The molecule has 0 aliphatic heterocycles. The van der Waals surface area contributed by atoms with Gasteiger partial charge in [0.05, 0.1) is 10.3 Å². The smallest absolute Gasteiger partial charge is 0.352 e. The highest BCUT2D eigenvalue weighted by Gasteiger charge is 2.28. The first kappa shape index (κ1) is 14.6. The summed E-state index contributed by atoms with van der Waals surface area (Å²) < 4.78 is 0. The third-order valence-corrected chi connectivity index (χ3v) is 2.57. The topological polar surface area (TPSA) is 136 Å². The quantitative estimate of drug-likeness (QED) is 0.510. The van der Waals surface area contributed by atoms with Gasteiger partial charge in [-0.1, -0.05) is 0 Å². The number of amides is 1. The lowest BCUT2D eigenvalue weighted by molar-refractivity contribution is -0.383. The predicted molar refractivity (Wildman–Crippen MR) is 69.4 cm³/mol. The Morgan fingerprint density at radius 1 is 1.53 bits per heavy atom. The van der Waals surface area contributed by atoms with Gasteiger partial charge in [0, 0.05) is 13.6 Å². The van der Waals surface area contributed by atoms with Crippen LogP contribution < -0.4 is 16.4 Å². The van der Waals surface area contributed by atoms with E-state index >= 15 is 0 Å². The van der Waals surface area contributed by atoms with Crippen LogP contribution in [0.2, 0.25) is 0 Å². The van der Waals surface area contributed by atoms with Crippen LogP contribution in [0.25, 0.3) is 0 Å². The molecule has 9 nitrogen and oxygen atoms in total. The number of nitrogens with two attached hydrogens (primary N) is 1. The third-order valence-electron chi connectivity index (χ3n) is 2.57. The van der Waals surface area contributed by atoms with Crippen molar-refractivity contribution in [2.45, 2.75) is 13.8 Å². The Morgan fingerprint density at radius 2 is 2.16 bits per heavy atom. The molecule has 0 aliphatic rings. The lowest BCUT2D eigenvalue weighted by Gasteiger charge is -2.22. The minimum atomic E-state index is -0.748. The van der Waals surface area contributed by atoms with Gasteiger partial charge in [0.1, 0.15) is 6.33 Å². The molecule has 1 aromatic heterocycles. The molecule has 4 N–H and O–H groups in total. The van der Waals surface area contributed by atoms with Crippen molar-refractivity contribution in [2.75, 3.05) is 24.6 Å². The fourth-order valence-corrected chi connectivity index (χ4v) is 1.43. The van der Waals surface area contributed by atoms with Crippen molar-refractivity contribution < 1.29 is 9.72 Å². The number of nitro groups is 1. The maximum absolute atomic E-state index is 11.6. The van der Waals surface area contributed by atoms with E-state index in [9.17, 15) is 14.9 Å². The molecule has 0 saturated carbocycles. The van der Waals surface area contributed by atoms with Crippen molar-refractivity contribution >= 4 is 23.2 Å². The second kappa shape index (κ2) is 5.46. The molecule has 0 fully saturated rings. The lowest BCUT2D eigenvalue weighted by Crippen LogP contribution is -2.39. The Hall–Kier alpha value is -2.45. The fourth-order valence-electron chi connectivity index (χ4n) is 1.43. The standard InChI is InChI=1S/C10H16N6O3/c1-10(2,9(17)12-3)4-13-8-6(16(18)19)7(11)14-5-15-8/h5H,4H2,1-3H3,(H,12,17)(H3,11,13,14,15). The van der Waals surface area contributed by atoms with Crippen molar-refractivity contribution in [2.24, 2.45) is 5.41 Å². The number of hydrogen-bond donors (Lipinski definition) is 3. The molecular formula is C10H16N6O3. The van der Waals surface area contributed by atoms with Crippen LogP contribution in [0.5, 0.6) is 0 Å². The number of carbonyl (C=O) groups excluding carboxylic acids is 1. The largest absolute Gasteiger partial charge is 0.378 e. The first-order chi connectivity index (χ1) is 8.79. The van der Waals surface area contributed by atoms with Gasteiger partial charge in [-0.25, -0.2) is 9.97 Å². The van der Waals surface area contributed by atoms with Gasteiger partial charge in [-0.3, -0.25) is 14.9 Å². The summed E-state index contributed by atoms with van der Waals surface area (Å²) in [6.07, 6.45) is 1.12. The Labute approximate surface area is 109 Å². The Kier molecular flexibility index (Phi) is 4.20. The van der Waals surface area contributed by atoms with E-state index in [2.05, 4.69) is 20.6 Å². The van der Waals surface area contributed by atoms with Gasteiger partial charge in [-0.15, -0.1) is 0 Å². The number of nitrogen functional groups attached to an aromatic ring is 1. The molecule has 0 radical (unpaired) electrons. The highest BCUT2D eigenvalue weighted by Crippen LogP contribution is 2.27. The molecule has 0 saturated heterocycles. The number of rotatable bonds is 5. The zero-order valence-electron chi connectivity index (χ0n) is 10.9. The summed E-state index contributed by atoms with van der Waals surface area (Å²) in [4.78, 5) is 29.2. The van der Waals surface area contributed by atoms with Crippen molar-refractivity contribution in [1.29, 1.82) is 0 Å². The van der Waals surface area contributed by atoms with E-state index in [0.29, 0.717) is 0 Å². The first-order valence-corrected chi connectivity index (χ1v) is 5.50. The second-order valence-electron chi connectivity index (χ2n) is 4.53. The molecule has 19 heavy (non-hydrogen) atoms. The highest BCUT2D eigenvalue weighted by molar-refractivity contribution is 5.82. The number of nitrogens with zero attached hydrogens (tertiary/aromatic N) is 3. The van der Waals surface area contributed by atoms with Gasteiger partial charge in [0.2, 0.25) is 17.5 Å². The molecule has 1 rings (SSSR count). The van der Waals surface area contributed by atoms with Crippen LogP contribution in [0.1, 0.15) is 13.8 Å². The van der Waals surface area contributed by atoms with E-state index in [1.165, 1.54) is 7.05 Å². The Bertz CT molecular complexity index is 502. The van der Waals surface area contributed by atoms with Crippen LogP contribution in [0.15, 0.2) is 6.33 Å². The molecule has 9 heteroatoms. The molecule has 104 valence electrons. The molecule has 0 spiro atoms. The molecule has 0 unspecified atom stereocenters. The average molecular weight is 268 g/mol. The number of carbonyl (C=O) groups is 1. The Morgan fingerprint density at radius 3 is 2.68 bits per heavy atom. The van der Waals surface area contributed by atoms with Gasteiger partial charge >= 0.3 is 5.69 Å². The molecule has 1 heterocycles. The van der Waals surface area contributed by atoms with E-state index in [1.54, 1.807) is 13.8 Å². The Balaban J connectivity index is 2.93. The van der Waals surface area contributed by atoms with Gasteiger partial charge < -0.3 is 16.4 Å². The van der Waals surface area contributed by atoms with E-state index in [4.69, 9.17) is 5.73 Å². The molecule has 0 aliphatic carbocycles.